The van der Waals surface area contributed by atoms with Gasteiger partial charge in [-0.1, -0.05) is 6.07 Å². The Morgan fingerprint density at radius 1 is 1.26 bits per heavy atom. The Morgan fingerprint density at radius 2 is 2.04 bits per heavy atom. The number of carbonyl (C=O) groups is 3. The summed E-state index contributed by atoms with van der Waals surface area (Å²) in [4.78, 5) is 36.6. The molecule has 0 radical (unpaired) electrons. The highest BCUT2D eigenvalue weighted by Crippen LogP contribution is 2.34. The predicted molar refractivity (Wildman–Crippen MR) is 99.9 cm³/mol. The second kappa shape index (κ2) is 9.98. The van der Waals surface area contributed by atoms with Gasteiger partial charge in [-0.2, -0.15) is 0 Å². The SMILES string of the molecule is CCOc1cc(/C=C2/SC(=O)N(CCCOC)C2=O)ccc1OCC(=O)O. The van der Waals surface area contributed by atoms with Gasteiger partial charge in [-0.05, 0) is 48.9 Å². The molecule has 8 nitrogen and oxygen atoms in total. The molecule has 1 aromatic rings. The number of ether oxygens (including phenoxy) is 3. The van der Waals surface area contributed by atoms with Gasteiger partial charge >= 0.3 is 5.97 Å². The molecular formula is C18H21NO7S. The number of methoxy groups -OCH3 is 1. The molecule has 27 heavy (non-hydrogen) atoms. The highest BCUT2D eigenvalue weighted by atomic mass is 32.2. The molecule has 1 aliphatic heterocycles. The Labute approximate surface area is 161 Å². The summed E-state index contributed by atoms with van der Waals surface area (Å²) in [6.45, 7) is 2.44. The molecule has 0 spiro atoms. The number of rotatable bonds is 10. The molecule has 1 heterocycles. The number of thioether (sulfide) groups is 1. The molecule has 2 rings (SSSR count). The van der Waals surface area contributed by atoms with E-state index < -0.39 is 12.6 Å². The van der Waals surface area contributed by atoms with Crippen LogP contribution in [0.2, 0.25) is 0 Å². The third-order valence-electron chi connectivity index (χ3n) is 3.52. The first-order valence-corrected chi connectivity index (χ1v) is 9.13. The number of nitrogens with zero attached hydrogens (tertiary/aromatic N) is 1. The summed E-state index contributed by atoms with van der Waals surface area (Å²) >= 11 is 0.880. The van der Waals surface area contributed by atoms with Crippen LogP contribution >= 0.6 is 11.8 Å². The monoisotopic (exact) mass is 395 g/mol. The second-order valence-electron chi connectivity index (χ2n) is 5.50. The Bertz CT molecular complexity index is 747. The minimum absolute atomic E-state index is 0.295. The molecule has 146 valence electrons. The molecule has 1 aliphatic rings. The molecule has 0 saturated carbocycles. The highest BCUT2D eigenvalue weighted by Gasteiger charge is 2.34. The molecule has 2 amide bonds. The minimum atomic E-state index is -1.09. The fourth-order valence-corrected chi connectivity index (χ4v) is 3.22. The van der Waals surface area contributed by atoms with Crippen molar-refractivity contribution in [1.29, 1.82) is 0 Å². The number of hydrogen-bond acceptors (Lipinski definition) is 7. The normalized spacial score (nSPS) is 15.5. The Hall–Kier alpha value is -2.52. The third-order valence-corrected chi connectivity index (χ3v) is 4.43. The zero-order valence-electron chi connectivity index (χ0n) is 15.1. The van der Waals surface area contributed by atoms with Crippen molar-refractivity contribution >= 4 is 35.0 Å². The molecule has 1 fully saturated rings. The highest BCUT2D eigenvalue weighted by molar-refractivity contribution is 8.18. The van der Waals surface area contributed by atoms with Gasteiger partial charge in [0.1, 0.15) is 0 Å². The number of carbonyl (C=O) groups excluding carboxylic acids is 2. The average molecular weight is 395 g/mol. The number of carboxylic acids is 1. The molecular weight excluding hydrogens is 374 g/mol. The summed E-state index contributed by atoms with van der Waals surface area (Å²) < 4.78 is 15.6. The van der Waals surface area contributed by atoms with Crippen LogP contribution in [-0.4, -0.2) is 60.6 Å². The molecule has 1 saturated heterocycles. The minimum Gasteiger partial charge on any atom is -0.490 e. The van der Waals surface area contributed by atoms with E-state index in [0.29, 0.717) is 48.1 Å². The van der Waals surface area contributed by atoms with E-state index in [-0.39, 0.29) is 11.1 Å². The van der Waals surface area contributed by atoms with Crippen molar-refractivity contribution in [2.45, 2.75) is 13.3 Å². The van der Waals surface area contributed by atoms with Gasteiger partial charge in [0.05, 0.1) is 11.5 Å². The number of amides is 2. The smallest absolute Gasteiger partial charge is 0.341 e. The van der Waals surface area contributed by atoms with E-state index >= 15 is 0 Å². The Balaban J connectivity index is 2.17. The lowest BCUT2D eigenvalue weighted by Crippen LogP contribution is -2.29. The van der Waals surface area contributed by atoms with Crippen LogP contribution in [-0.2, 0) is 14.3 Å². The number of carboxylic acid groups (broad SMARTS) is 1. The van der Waals surface area contributed by atoms with Crippen molar-refractivity contribution in [1.82, 2.24) is 4.90 Å². The van der Waals surface area contributed by atoms with Gasteiger partial charge in [-0.3, -0.25) is 14.5 Å². The van der Waals surface area contributed by atoms with E-state index in [1.165, 1.54) is 4.90 Å². The summed E-state index contributed by atoms with van der Waals surface area (Å²) in [6.07, 6.45) is 2.18. The van der Waals surface area contributed by atoms with E-state index in [2.05, 4.69) is 0 Å². The molecule has 0 bridgehead atoms. The lowest BCUT2D eigenvalue weighted by molar-refractivity contribution is -0.139. The maximum absolute atomic E-state index is 12.4. The van der Waals surface area contributed by atoms with Crippen LogP contribution in [0.4, 0.5) is 4.79 Å². The second-order valence-corrected chi connectivity index (χ2v) is 6.49. The molecule has 0 unspecified atom stereocenters. The zero-order chi connectivity index (χ0) is 19.8. The molecule has 0 aromatic heterocycles. The first-order chi connectivity index (χ1) is 13.0. The number of imide groups is 1. The number of hydrogen-bond donors (Lipinski definition) is 1. The summed E-state index contributed by atoms with van der Waals surface area (Å²) in [5, 5.41) is 8.42. The van der Waals surface area contributed by atoms with Gasteiger partial charge in [0.25, 0.3) is 11.1 Å². The first kappa shape index (κ1) is 20.8. The van der Waals surface area contributed by atoms with E-state index in [4.69, 9.17) is 19.3 Å². The largest absolute Gasteiger partial charge is 0.490 e. The maximum Gasteiger partial charge on any atom is 0.341 e. The third kappa shape index (κ3) is 5.73. The average Bonchev–Trinajstić information content (AvgIpc) is 2.88. The molecule has 1 N–H and O–H groups in total. The first-order valence-electron chi connectivity index (χ1n) is 8.32. The zero-order valence-corrected chi connectivity index (χ0v) is 15.9. The van der Waals surface area contributed by atoms with Crippen molar-refractivity contribution < 1.29 is 33.7 Å². The van der Waals surface area contributed by atoms with Crippen molar-refractivity contribution in [2.24, 2.45) is 0 Å². The summed E-state index contributed by atoms with van der Waals surface area (Å²) in [5.41, 5.74) is 0.642. The molecule has 0 atom stereocenters. The van der Waals surface area contributed by atoms with E-state index in [0.717, 1.165) is 11.8 Å². The van der Waals surface area contributed by atoms with Crippen molar-refractivity contribution in [3.63, 3.8) is 0 Å². The van der Waals surface area contributed by atoms with Crippen LogP contribution in [0, 0.1) is 0 Å². The molecule has 0 aliphatic carbocycles. The maximum atomic E-state index is 12.4. The summed E-state index contributed by atoms with van der Waals surface area (Å²) in [7, 11) is 1.56. The molecule has 9 heteroatoms. The van der Waals surface area contributed by atoms with Gasteiger partial charge in [-0.25, -0.2) is 4.79 Å². The Kier molecular flexibility index (Phi) is 7.68. The van der Waals surface area contributed by atoms with E-state index in [1.807, 2.05) is 0 Å². The van der Waals surface area contributed by atoms with E-state index in [1.54, 1.807) is 38.3 Å². The number of benzene rings is 1. The topological polar surface area (TPSA) is 102 Å². The van der Waals surface area contributed by atoms with Gasteiger partial charge in [-0.15, -0.1) is 0 Å². The van der Waals surface area contributed by atoms with Crippen LogP contribution < -0.4 is 9.47 Å². The quantitative estimate of drug-likeness (QED) is 0.476. The van der Waals surface area contributed by atoms with Crippen molar-refractivity contribution in [3.8, 4) is 11.5 Å². The predicted octanol–water partition coefficient (Wildman–Crippen LogP) is 2.62. The fourth-order valence-electron chi connectivity index (χ4n) is 2.35. The Morgan fingerprint density at radius 3 is 2.70 bits per heavy atom. The van der Waals surface area contributed by atoms with Crippen LogP contribution in [0.3, 0.4) is 0 Å². The van der Waals surface area contributed by atoms with Crippen LogP contribution in [0.5, 0.6) is 11.5 Å². The van der Waals surface area contributed by atoms with Crippen LogP contribution in [0.1, 0.15) is 18.9 Å². The van der Waals surface area contributed by atoms with Crippen LogP contribution in [0.25, 0.3) is 6.08 Å². The van der Waals surface area contributed by atoms with E-state index in [9.17, 15) is 14.4 Å². The van der Waals surface area contributed by atoms with Crippen LogP contribution in [0.15, 0.2) is 23.1 Å². The number of aliphatic carboxylic acids is 1. The van der Waals surface area contributed by atoms with Gasteiger partial charge < -0.3 is 19.3 Å². The van der Waals surface area contributed by atoms with Gasteiger partial charge in [0.15, 0.2) is 18.1 Å². The van der Waals surface area contributed by atoms with Crippen molar-refractivity contribution in [2.75, 3.05) is 33.5 Å². The lowest BCUT2D eigenvalue weighted by Gasteiger charge is -2.12. The summed E-state index contributed by atoms with van der Waals surface area (Å²) in [5.74, 6) is -0.773. The van der Waals surface area contributed by atoms with Crippen molar-refractivity contribution in [3.05, 3.63) is 28.7 Å². The standard InChI is InChI=1S/C18H21NO7S/c1-3-25-14-9-12(5-6-13(14)26-11-16(20)21)10-15-17(22)19(18(23)27-15)7-4-8-24-2/h5-6,9-10H,3-4,7-8,11H2,1-2H3,(H,20,21)/b15-10+. The van der Waals surface area contributed by atoms with Gasteiger partial charge in [0.2, 0.25) is 0 Å². The van der Waals surface area contributed by atoms with Gasteiger partial charge in [0, 0.05) is 20.3 Å². The molecule has 1 aromatic carbocycles. The summed E-state index contributed by atoms with van der Waals surface area (Å²) in [6, 6.07) is 4.88. The lowest BCUT2D eigenvalue weighted by atomic mass is 10.2. The fraction of sp³-hybridized carbons (Fsp3) is 0.389.